The third kappa shape index (κ3) is 4.68. The Bertz CT molecular complexity index is 882. The maximum atomic E-state index is 12.7. The van der Waals surface area contributed by atoms with Gasteiger partial charge in [0.25, 0.3) is 5.91 Å². The molecule has 0 bridgehead atoms. The van der Waals surface area contributed by atoms with Crippen molar-refractivity contribution in [2.24, 2.45) is 0 Å². The van der Waals surface area contributed by atoms with Gasteiger partial charge in [0.2, 0.25) is 5.91 Å². The predicted octanol–water partition coefficient (Wildman–Crippen LogP) is 1.85. The number of carboxylic acid groups (broad SMARTS) is 1. The number of ether oxygens (including phenoxy) is 1. The average Bonchev–Trinajstić information content (AvgIpc) is 2.68. The van der Waals surface area contributed by atoms with Crippen LogP contribution in [0.25, 0.3) is 0 Å². The molecule has 0 radical (unpaired) electrons. The van der Waals surface area contributed by atoms with E-state index >= 15 is 0 Å². The van der Waals surface area contributed by atoms with Gasteiger partial charge in [0, 0.05) is 19.0 Å². The molecule has 1 atom stereocenters. The standard InChI is InChI=1S/C21H22N2O5/c1-14(24)22-19(21(26)27)12-23-10-9-16-11-17(7-8-18(16)20(23)25)28-13-15-5-3-2-4-6-15/h2-8,11,19H,9-10,12-13H2,1H3,(H,22,24)(H,26,27). The van der Waals surface area contributed by atoms with Crippen molar-refractivity contribution in [1.82, 2.24) is 10.2 Å². The maximum Gasteiger partial charge on any atom is 0.328 e. The summed E-state index contributed by atoms with van der Waals surface area (Å²) >= 11 is 0. The summed E-state index contributed by atoms with van der Waals surface area (Å²) in [6.45, 7) is 2.01. The second-order valence-electron chi connectivity index (χ2n) is 6.69. The Balaban J connectivity index is 1.67. The lowest BCUT2D eigenvalue weighted by Crippen LogP contribution is -2.51. The van der Waals surface area contributed by atoms with E-state index < -0.39 is 17.9 Å². The first-order valence-corrected chi connectivity index (χ1v) is 9.03. The maximum absolute atomic E-state index is 12.7. The molecule has 2 aromatic rings. The quantitative estimate of drug-likeness (QED) is 0.762. The Morgan fingerprint density at radius 2 is 1.96 bits per heavy atom. The van der Waals surface area contributed by atoms with Crippen LogP contribution in [-0.4, -0.2) is 46.9 Å². The SMILES string of the molecule is CC(=O)NC(CN1CCc2cc(OCc3ccccc3)ccc2C1=O)C(=O)O. The fourth-order valence-corrected chi connectivity index (χ4v) is 3.17. The van der Waals surface area contributed by atoms with Crippen LogP contribution in [0.4, 0.5) is 0 Å². The van der Waals surface area contributed by atoms with Gasteiger partial charge in [-0.2, -0.15) is 0 Å². The molecule has 2 amide bonds. The summed E-state index contributed by atoms with van der Waals surface area (Å²) in [5.74, 6) is -1.17. The zero-order valence-electron chi connectivity index (χ0n) is 15.6. The van der Waals surface area contributed by atoms with E-state index in [9.17, 15) is 19.5 Å². The van der Waals surface area contributed by atoms with Crippen molar-refractivity contribution in [1.29, 1.82) is 0 Å². The van der Waals surface area contributed by atoms with E-state index in [1.807, 2.05) is 36.4 Å². The molecule has 0 fully saturated rings. The monoisotopic (exact) mass is 382 g/mol. The minimum atomic E-state index is -1.17. The number of hydrogen-bond acceptors (Lipinski definition) is 4. The van der Waals surface area contributed by atoms with E-state index in [0.717, 1.165) is 11.1 Å². The molecule has 28 heavy (non-hydrogen) atoms. The molecule has 1 unspecified atom stereocenters. The second-order valence-corrected chi connectivity index (χ2v) is 6.69. The smallest absolute Gasteiger partial charge is 0.328 e. The highest BCUT2D eigenvalue weighted by Crippen LogP contribution is 2.24. The Labute approximate surface area is 162 Å². The minimum Gasteiger partial charge on any atom is -0.489 e. The number of hydrogen-bond donors (Lipinski definition) is 2. The molecular weight excluding hydrogens is 360 g/mol. The van der Waals surface area contributed by atoms with Gasteiger partial charge < -0.3 is 20.1 Å². The van der Waals surface area contributed by atoms with Crippen molar-refractivity contribution in [3.8, 4) is 5.75 Å². The van der Waals surface area contributed by atoms with Crippen molar-refractivity contribution in [2.45, 2.75) is 26.0 Å². The van der Waals surface area contributed by atoms with Crippen LogP contribution < -0.4 is 10.1 Å². The largest absolute Gasteiger partial charge is 0.489 e. The molecule has 2 N–H and O–H groups in total. The molecule has 1 aliphatic rings. The molecule has 0 aromatic heterocycles. The van der Waals surface area contributed by atoms with E-state index in [4.69, 9.17) is 4.74 Å². The highest BCUT2D eigenvalue weighted by atomic mass is 16.5. The summed E-state index contributed by atoms with van der Waals surface area (Å²) in [6.07, 6.45) is 0.593. The van der Waals surface area contributed by atoms with Crippen molar-refractivity contribution < 1.29 is 24.2 Å². The molecule has 0 saturated carbocycles. The van der Waals surface area contributed by atoms with Gasteiger partial charge in [0.1, 0.15) is 18.4 Å². The van der Waals surface area contributed by atoms with Gasteiger partial charge in [-0.15, -0.1) is 0 Å². The van der Waals surface area contributed by atoms with Crippen LogP contribution in [0.5, 0.6) is 5.75 Å². The third-order valence-corrected chi connectivity index (χ3v) is 4.57. The van der Waals surface area contributed by atoms with Gasteiger partial charge in [0.05, 0.1) is 6.54 Å². The summed E-state index contributed by atoms with van der Waals surface area (Å²) in [7, 11) is 0. The Morgan fingerprint density at radius 1 is 1.21 bits per heavy atom. The Morgan fingerprint density at radius 3 is 2.64 bits per heavy atom. The summed E-state index contributed by atoms with van der Waals surface area (Å²) in [5, 5.41) is 11.6. The van der Waals surface area contributed by atoms with Gasteiger partial charge in [0.15, 0.2) is 0 Å². The summed E-state index contributed by atoms with van der Waals surface area (Å²) < 4.78 is 5.81. The van der Waals surface area contributed by atoms with Crippen molar-refractivity contribution in [2.75, 3.05) is 13.1 Å². The second kappa shape index (κ2) is 8.56. The number of aliphatic carboxylic acids is 1. The number of fused-ring (bicyclic) bond motifs is 1. The van der Waals surface area contributed by atoms with Crippen LogP contribution in [0.15, 0.2) is 48.5 Å². The van der Waals surface area contributed by atoms with Crippen LogP contribution in [0.1, 0.15) is 28.4 Å². The summed E-state index contributed by atoms with van der Waals surface area (Å²) in [6, 6.07) is 14.0. The summed E-state index contributed by atoms with van der Waals surface area (Å²) in [4.78, 5) is 36.7. The minimum absolute atomic E-state index is 0.0700. The molecular formula is C21H22N2O5. The Kier molecular flexibility index (Phi) is 5.93. The molecule has 0 saturated heterocycles. The molecule has 1 heterocycles. The van der Waals surface area contributed by atoms with Gasteiger partial charge in [-0.05, 0) is 35.7 Å². The topological polar surface area (TPSA) is 95.9 Å². The van der Waals surface area contributed by atoms with E-state index in [-0.39, 0.29) is 12.5 Å². The van der Waals surface area contributed by atoms with Crippen LogP contribution in [-0.2, 0) is 22.6 Å². The predicted molar refractivity (Wildman–Crippen MR) is 102 cm³/mol. The number of amides is 2. The van der Waals surface area contributed by atoms with Gasteiger partial charge >= 0.3 is 5.97 Å². The number of carbonyl (C=O) groups is 3. The fourth-order valence-electron chi connectivity index (χ4n) is 3.17. The fraction of sp³-hybridized carbons (Fsp3) is 0.286. The van der Waals surface area contributed by atoms with Crippen molar-refractivity contribution >= 4 is 17.8 Å². The van der Waals surface area contributed by atoms with Crippen LogP contribution in [0.3, 0.4) is 0 Å². The molecule has 7 nitrogen and oxygen atoms in total. The lowest BCUT2D eigenvalue weighted by Gasteiger charge is -2.31. The normalized spacial score (nSPS) is 14.2. The van der Waals surface area contributed by atoms with E-state index in [2.05, 4.69) is 5.32 Å². The van der Waals surface area contributed by atoms with Crippen LogP contribution in [0.2, 0.25) is 0 Å². The van der Waals surface area contributed by atoms with E-state index in [0.29, 0.717) is 30.9 Å². The highest BCUT2D eigenvalue weighted by Gasteiger charge is 2.29. The highest BCUT2D eigenvalue weighted by molar-refractivity contribution is 5.97. The first-order chi connectivity index (χ1) is 13.4. The molecule has 1 aliphatic heterocycles. The van der Waals surface area contributed by atoms with Crippen LogP contribution >= 0.6 is 0 Å². The molecule has 0 aliphatic carbocycles. The molecule has 146 valence electrons. The number of rotatable bonds is 7. The lowest BCUT2D eigenvalue weighted by atomic mass is 9.98. The van der Waals surface area contributed by atoms with Crippen molar-refractivity contribution in [3.63, 3.8) is 0 Å². The van der Waals surface area contributed by atoms with Gasteiger partial charge in [-0.3, -0.25) is 9.59 Å². The molecule has 7 heteroatoms. The van der Waals surface area contributed by atoms with Crippen LogP contribution in [0, 0.1) is 0 Å². The summed E-state index contributed by atoms with van der Waals surface area (Å²) in [5.41, 5.74) is 2.46. The zero-order chi connectivity index (χ0) is 20.1. The van der Waals surface area contributed by atoms with Gasteiger partial charge in [-0.1, -0.05) is 30.3 Å². The average molecular weight is 382 g/mol. The molecule has 3 rings (SSSR count). The van der Waals surface area contributed by atoms with Gasteiger partial charge in [-0.25, -0.2) is 4.79 Å². The number of nitrogens with one attached hydrogen (secondary N) is 1. The number of carbonyl (C=O) groups excluding carboxylic acids is 2. The zero-order valence-corrected chi connectivity index (χ0v) is 15.6. The van der Waals surface area contributed by atoms with Crippen molar-refractivity contribution in [3.05, 3.63) is 65.2 Å². The third-order valence-electron chi connectivity index (χ3n) is 4.57. The lowest BCUT2D eigenvalue weighted by molar-refractivity contribution is -0.141. The van der Waals surface area contributed by atoms with E-state index in [1.165, 1.54) is 11.8 Å². The molecule has 0 spiro atoms. The first-order valence-electron chi connectivity index (χ1n) is 9.03. The molecule has 2 aromatic carbocycles. The number of nitrogens with zero attached hydrogens (tertiary/aromatic N) is 1. The van der Waals surface area contributed by atoms with E-state index in [1.54, 1.807) is 12.1 Å². The Hall–Kier alpha value is -3.35. The number of carboxylic acids is 1. The first kappa shape index (κ1) is 19.4. The number of benzene rings is 2.